The molecule has 0 aliphatic rings. The third-order valence-electron chi connectivity index (χ3n) is 3.71. The van der Waals surface area contributed by atoms with E-state index in [-0.39, 0.29) is 0 Å². The van der Waals surface area contributed by atoms with Crippen LogP contribution < -0.4 is 0 Å². The molecule has 0 spiro atoms. The van der Waals surface area contributed by atoms with Crippen LogP contribution in [0.4, 0.5) is 0 Å². The smallest absolute Gasteiger partial charge is 0.361 e. The molecule has 0 saturated heterocycles. The maximum absolute atomic E-state index is 6.51. The molecule has 0 aliphatic carbocycles. The molecule has 0 aromatic heterocycles. The maximum atomic E-state index is 6.51. The molecule has 3 unspecified atom stereocenters. The Hall–Kier alpha value is 0.387. The molecule has 0 aliphatic heterocycles. The summed E-state index contributed by atoms with van der Waals surface area (Å²) in [7, 11) is -3.01. The first-order chi connectivity index (χ1) is 9.36. The molecule has 0 heterocycles. The molecule has 0 N–H and O–H groups in total. The van der Waals surface area contributed by atoms with Crippen molar-refractivity contribution < 1.29 is 13.3 Å². The van der Waals surface area contributed by atoms with Crippen molar-refractivity contribution in [1.29, 1.82) is 0 Å². The van der Waals surface area contributed by atoms with Crippen molar-refractivity contribution in [2.24, 2.45) is 17.8 Å². The first-order valence-electron chi connectivity index (χ1n) is 7.97. The molecule has 0 bridgehead atoms. The van der Waals surface area contributed by atoms with Gasteiger partial charge in [-0.2, -0.15) is 0 Å². The Bertz CT molecular complexity index is 205. The van der Waals surface area contributed by atoms with Crippen LogP contribution in [0, 0.1) is 17.8 Å². The van der Waals surface area contributed by atoms with Crippen LogP contribution in [0.25, 0.3) is 0 Å². The van der Waals surface area contributed by atoms with Gasteiger partial charge in [-0.1, -0.05) is 71.9 Å². The second-order valence-corrected chi connectivity index (χ2v) is 9.17. The van der Waals surface area contributed by atoms with Crippen molar-refractivity contribution in [1.82, 2.24) is 0 Å². The van der Waals surface area contributed by atoms with E-state index < -0.39 is 8.11 Å². The second kappa shape index (κ2) is 11.0. The van der Waals surface area contributed by atoms with Crippen molar-refractivity contribution in [2.45, 2.75) is 60.8 Å². The first kappa shape index (κ1) is 20.4. The quantitative estimate of drug-likeness (QED) is 0.379. The summed E-state index contributed by atoms with van der Waals surface area (Å²) in [6.45, 7) is 14.7. The summed E-state index contributed by atoms with van der Waals surface area (Å²) < 4.78 is 17.5. The average molecular weight is 325 g/mol. The molecular weight excluding hydrogens is 292 g/mol. The zero-order valence-electron chi connectivity index (χ0n) is 14.1. The third kappa shape index (κ3) is 9.35. The van der Waals surface area contributed by atoms with Gasteiger partial charge in [0.25, 0.3) is 0 Å². The molecule has 3 atom stereocenters. The lowest BCUT2D eigenvalue weighted by Gasteiger charge is -2.27. The number of hydrogen-bond acceptors (Lipinski definition) is 3. The molecule has 122 valence electrons. The van der Waals surface area contributed by atoms with Gasteiger partial charge in [0.15, 0.2) is 0 Å². The van der Waals surface area contributed by atoms with Crippen LogP contribution in [0.1, 0.15) is 60.8 Å². The first-order valence-corrected chi connectivity index (χ1v) is 10.7. The molecule has 0 aromatic carbocycles. The van der Waals surface area contributed by atoms with E-state index in [1.165, 1.54) is 0 Å². The minimum Gasteiger partial charge on any atom is -0.361 e. The van der Waals surface area contributed by atoms with E-state index in [0.29, 0.717) is 37.6 Å². The molecule has 0 fully saturated rings. The molecule has 20 heavy (non-hydrogen) atoms. The highest BCUT2D eigenvalue weighted by Crippen LogP contribution is 2.20. The van der Waals surface area contributed by atoms with Gasteiger partial charge in [0.05, 0.1) is 0 Å². The summed E-state index contributed by atoms with van der Waals surface area (Å²) in [6, 6.07) is 0. The minimum atomic E-state index is -3.01. The normalized spacial score (nSPS) is 19.4. The van der Waals surface area contributed by atoms with E-state index in [4.69, 9.17) is 24.4 Å². The van der Waals surface area contributed by atoms with E-state index in [1.807, 2.05) is 0 Å². The van der Waals surface area contributed by atoms with Gasteiger partial charge in [0, 0.05) is 19.8 Å². The molecular formula is C15H33ClO3Si. The summed E-state index contributed by atoms with van der Waals surface area (Å²) in [5.41, 5.74) is 0. The van der Waals surface area contributed by atoms with E-state index in [0.717, 1.165) is 19.3 Å². The minimum absolute atomic E-state index is 0.472. The fourth-order valence-electron chi connectivity index (χ4n) is 1.20. The number of hydrogen-bond donors (Lipinski definition) is 0. The van der Waals surface area contributed by atoms with Gasteiger partial charge in [-0.15, -0.1) is 0 Å². The number of rotatable bonds is 12. The Morgan fingerprint density at radius 1 is 0.700 bits per heavy atom. The van der Waals surface area contributed by atoms with Crippen LogP contribution in [0.3, 0.4) is 0 Å². The second-order valence-electron chi connectivity index (χ2n) is 5.95. The van der Waals surface area contributed by atoms with Gasteiger partial charge in [0.1, 0.15) is 0 Å². The summed E-state index contributed by atoms with van der Waals surface area (Å²) in [6.07, 6.45) is 3.20. The zero-order chi connectivity index (χ0) is 15.6. The predicted molar refractivity (Wildman–Crippen MR) is 87.8 cm³/mol. The van der Waals surface area contributed by atoms with Crippen molar-refractivity contribution in [2.75, 3.05) is 19.8 Å². The lowest BCUT2D eigenvalue weighted by molar-refractivity contribution is 0.0513. The molecule has 0 aromatic rings. The summed E-state index contributed by atoms with van der Waals surface area (Å²) >= 11 is 6.51. The van der Waals surface area contributed by atoms with Crippen LogP contribution in [0.2, 0.25) is 0 Å². The highest BCUT2D eigenvalue weighted by atomic mass is 35.6. The lowest BCUT2D eigenvalue weighted by atomic mass is 10.1. The van der Waals surface area contributed by atoms with Gasteiger partial charge >= 0.3 is 8.11 Å². The van der Waals surface area contributed by atoms with E-state index in [1.54, 1.807) is 0 Å². The Labute approximate surface area is 131 Å². The molecule has 3 nitrogen and oxygen atoms in total. The Morgan fingerprint density at radius 3 is 1.15 bits per heavy atom. The van der Waals surface area contributed by atoms with E-state index >= 15 is 0 Å². The maximum Gasteiger partial charge on any atom is 0.613 e. The van der Waals surface area contributed by atoms with Crippen molar-refractivity contribution in [3.05, 3.63) is 0 Å². The standard InChI is InChI=1S/C15H33ClO3Si/c1-7-13(4)10-17-20(16,18-11-14(5)8-2)19-12-15(6)9-3/h13-15H,7-12H2,1-6H3. The fourth-order valence-corrected chi connectivity index (χ4v) is 3.47. The van der Waals surface area contributed by atoms with Crippen molar-refractivity contribution in [3.8, 4) is 0 Å². The Balaban J connectivity index is 4.40. The van der Waals surface area contributed by atoms with Gasteiger partial charge in [-0.25, -0.2) is 0 Å². The summed E-state index contributed by atoms with van der Waals surface area (Å²) in [4.78, 5) is 0. The summed E-state index contributed by atoms with van der Waals surface area (Å²) in [5.74, 6) is 1.42. The largest absolute Gasteiger partial charge is 0.613 e. The van der Waals surface area contributed by atoms with Crippen LogP contribution >= 0.6 is 11.1 Å². The van der Waals surface area contributed by atoms with Crippen LogP contribution in [-0.4, -0.2) is 27.9 Å². The average Bonchev–Trinajstić information content (AvgIpc) is 2.47. The Kier molecular flexibility index (Phi) is 11.2. The zero-order valence-corrected chi connectivity index (χ0v) is 15.8. The van der Waals surface area contributed by atoms with Crippen LogP contribution in [0.5, 0.6) is 0 Å². The molecule has 0 amide bonds. The van der Waals surface area contributed by atoms with Crippen molar-refractivity contribution in [3.63, 3.8) is 0 Å². The van der Waals surface area contributed by atoms with Crippen LogP contribution in [-0.2, 0) is 13.3 Å². The lowest BCUT2D eigenvalue weighted by Crippen LogP contribution is -2.43. The summed E-state index contributed by atoms with van der Waals surface area (Å²) in [5, 5.41) is 0. The predicted octanol–water partition coefficient (Wildman–Crippen LogP) is 4.85. The van der Waals surface area contributed by atoms with Gasteiger partial charge < -0.3 is 13.3 Å². The number of halogens is 1. The monoisotopic (exact) mass is 324 g/mol. The van der Waals surface area contributed by atoms with Crippen molar-refractivity contribution >= 4 is 19.2 Å². The SMILES string of the molecule is CCC(C)CO[Si](Cl)(OCC(C)CC)OCC(C)CC. The molecule has 5 heteroatoms. The third-order valence-corrected chi connectivity index (χ3v) is 6.23. The topological polar surface area (TPSA) is 27.7 Å². The highest BCUT2D eigenvalue weighted by Gasteiger charge is 2.41. The molecule has 0 radical (unpaired) electrons. The molecule has 0 rings (SSSR count). The van der Waals surface area contributed by atoms with Gasteiger partial charge in [0.2, 0.25) is 0 Å². The van der Waals surface area contributed by atoms with Gasteiger partial charge in [-0.3, -0.25) is 0 Å². The molecule has 0 saturated carbocycles. The van der Waals surface area contributed by atoms with Crippen LogP contribution in [0.15, 0.2) is 0 Å². The van der Waals surface area contributed by atoms with E-state index in [2.05, 4.69) is 41.5 Å². The van der Waals surface area contributed by atoms with E-state index in [9.17, 15) is 0 Å². The van der Waals surface area contributed by atoms with Gasteiger partial charge in [-0.05, 0) is 17.8 Å². The highest BCUT2D eigenvalue weighted by molar-refractivity contribution is 7.09. The fraction of sp³-hybridized carbons (Fsp3) is 1.00. The Morgan fingerprint density at radius 2 is 0.950 bits per heavy atom.